The third kappa shape index (κ3) is 2.91. The van der Waals surface area contributed by atoms with Crippen molar-refractivity contribution in [3.05, 3.63) is 36.7 Å². The van der Waals surface area contributed by atoms with Gasteiger partial charge in [-0.2, -0.15) is 8.42 Å². The molecule has 0 radical (unpaired) electrons. The summed E-state index contributed by atoms with van der Waals surface area (Å²) in [7, 11) is -2.36. The van der Waals surface area contributed by atoms with Crippen molar-refractivity contribution in [3.8, 4) is 5.88 Å². The molecule has 0 bridgehead atoms. The number of nitrogens with zero attached hydrogens (tertiary/aromatic N) is 2. The summed E-state index contributed by atoms with van der Waals surface area (Å²) in [5.74, 6) is 0.389. The smallest absolute Gasteiger partial charge is 0.281 e. The van der Waals surface area contributed by atoms with Crippen LogP contribution in [-0.4, -0.2) is 25.5 Å². The predicted octanol–water partition coefficient (Wildman–Crippen LogP) is 0.868. The Morgan fingerprint density at radius 3 is 2.63 bits per heavy atom. The zero-order valence-corrected chi connectivity index (χ0v) is 10.9. The number of aromatic nitrogens is 2. The summed E-state index contributed by atoms with van der Waals surface area (Å²) in [4.78, 5) is 7.66. The van der Waals surface area contributed by atoms with E-state index in [4.69, 9.17) is 10.5 Å². The van der Waals surface area contributed by atoms with Gasteiger partial charge in [0.05, 0.1) is 24.7 Å². The number of pyridine rings is 2. The molecular weight excluding hydrogens is 268 g/mol. The molecule has 0 aliphatic rings. The quantitative estimate of drug-likeness (QED) is 0.860. The molecule has 0 saturated heterocycles. The van der Waals surface area contributed by atoms with Crippen LogP contribution in [0.25, 0.3) is 0 Å². The molecule has 2 aromatic rings. The number of ether oxygens (including phenoxy) is 1. The average molecular weight is 280 g/mol. The zero-order valence-electron chi connectivity index (χ0n) is 10.1. The normalized spacial score (nSPS) is 11.0. The average Bonchev–Trinajstić information content (AvgIpc) is 2.39. The monoisotopic (exact) mass is 280 g/mol. The molecule has 0 aromatic carbocycles. The minimum Gasteiger partial charge on any atom is -0.481 e. The van der Waals surface area contributed by atoms with Crippen molar-refractivity contribution >= 4 is 21.4 Å². The Kier molecular flexibility index (Phi) is 3.52. The Hall–Kier alpha value is -2.35. The largest absolute Gasteiger partial charge is 0.481 e. The van der Waals surface area contributed by atoms with E-state index in [1.54, 1.807) is 12.1 Å². The van der Waals surface area contributed by atoms with E-state index in [1.165, 1.54) is 31.6 Å². The Balaban J connectivity index is 2.28. The Morgan fingerprint density at radius 2 is 2.05 bits per heavy atom. The van der Waals surface area contributed by atoms with Crippen LogP contribution in [0.2, 0.25) is 0 Å². The number of anilines is 2. The first-order chi connectivity index (χ1) is 9.03. The highest BCUT2D eigenvalue weighted by Crippen LogP contribution is 2.19. The molecule has 100 valence electrons. The van der Waals surface area contributed by atoms with E-state index in [0.29, 0.717) is 11.6 Å². The van der Waals surface area contributed by atoms with Gasteiger partial charge in [0.25, 0.3) is 10.0 Å². The molecule has 0 atom stereocenters. The van der Waals surface area contributed by atoms with Gasteiger partial charge in [0.2, 0.25) is 5.88 Å². The number of nitrogens with one attached hydrogen (secondary N) is 1. The second-order valence-electron chi connectivity index (χ2n) is 3.59. The van der Waals surface area contributed by atoms with E-state index in [-0.39, 0.29) is 10.7 Å². The van der Waals surface area contributed by atoms with Crippen LogP contribution in [0, 0.1) is 0 Å². The van der Waals surface area contributed by atoms with Crippen molar-refractivity contribution in [2.45, 2.75) is 5.03 Å². The highest BCUT2D eigenvalue weighted by Gasteiger charge is 2.18. The van der Waals surface area contributed by atoms with Gasteiger partial charge < -0.3 is 10.5 Å². The number of hydrogen-bond donors (Lipinski definition) is 2. The van der Waals surface area contributed by atoms with Crippen LogP contribution in [0.3, 0.4) is 0 Å². The number of sulfonamides is 1. The van der Waals surface area contributed by atoms with Crippen molar-refractivity contribution in [3.63, 3.8) is 0 Å². The van der Waals surface area contributed by atoms with E-state index in [2.05, 4.69) is 14.7 Å². The van der Waals surface area contributed by atoms with Gasteiger partial charge in [-0.15, -0.1) is 0 Å². The molecule has 0 unspecified atom stereocenters. The number of nitrogen functional groups attached to an aromatic ring is 1. The highest BCUT2D eigenvalue weighted by atomic mass is 32.2. The highest BCUT2D eigenvalue weighted by molar-refractivity contribution is 7.92. The lowest BCUT2D eigenvalue weighted by Crippen LogP contribution is -2.16. The number of nitrogens with two attached hydrogens (primary N) is 1. The Morgan fingerprint density at radius 1 is 1.26 bits per heavy atom. The predicted molar refractivity (Wildman–Crippen MR) is 70.2 cm³/mol. The fourth-order valence-corrected chi connectivity index (χ4v) is 2.50. The van der Waals surface area contributed by atoms with Crippen molar-refractivity contribution in [1.29, 1.82) is 0 Å². The second-order valence-corrected chi connectivity index (χ2v) is 5.19. The lowest BCUT2D eigenvalue weighted by atomic mass is 10.4. The van der Waals surface area contributed by atoms with Crippen LogP contribution in [-0.2, 0) is 10.0 Å². The first-order valence-corrected chi connectivity index (χ1v) is 6.74. The van der Waals surface area contributed by atoms with Crippen LogP contribution in [0.15, 0.2) is 41.7 Å². The maximum atomic E-state index is 12.1. The molecule has 0 aliphatic heterocycles. The van der Waals surface area contributed by atoms with Gasteiger partial charge in [-0.05, 0) is 18.2 Å². The first-order valence-electron chi connectivity index (χ1n) is 5.26. The lowest BCUT2D eigenvalue weighted by Gasteiger charge is -2.08. The molecule has 0 saturated carbocycles. The van der Waals surface area contributed by atoms with Gasteiger partial charge in [0, 0.05) is 12.3 Å². The van der Waals surface area contributed by atoms with Crippen LogP contribution in [0.4, 0.5) is 11.4 Å². The van der Waals surface area contributed by atoms with E-state index in [1.807, 2.05) is 0 Å². The summed E-state index contributed by atoms with van der Waals surface area (Å²) >= 11 is 0. The standard InChI is InChI=1S/C11H12N4O3S/c1-18-10-5-4-8(7-14-10)15-19(16,17)11-9(12)3-2-6-13-11/h2-7,15H,12H2,1H3. The maximum Gasteiger partial charge on any atom is 0.281 e. The Labute approximate surface area is 110 Å². The number of hydrogen-bond acceptors (Lipinski definition) is 6. The van der Waals surface area contributed by atoms with Crippen LogP contribution < -0.4 is 15.2 Å². The summed E-state index contributed by atoms with van der Waals surface area (Å²) in [6, 6.07) is 6.10. The van der Waals surface area contributed by atoms with Gasteiger partial charge in [-0.3, -0.25) is 4.72 Å². The van der Waals surface area contributed by atoms with Gasteiger partial charge in [0.1, 0.15) is 0 Å². The van der Waals surface area contributed by atoms with E-state index in [0.717, 1.165) is 0 Å². The van der Waals surface area contributed by atoms with E-state index >= 15 is 0 Å². The molecule has 2 aromatic heterocycles. The van der Waals surface area contributed by atoms with Crippen molar-refractivity contribution in [2.24, 2.45) is 0 Å². The third-order valence-corrected chi connectivity index (χ3v) is 3.61. The van der Waals surface area contributed by atoms with Crippen molar-refractivity contribution in [2.75, 3.05) is 17.6 Å². The van der Waals surface area contributed by atoms with E-state index < -0.39 is 10.0 Å². The molecule has 0 aliphatic carbocycles. The van der Waals surface area contributed by atoms with Gasteiger partial charge in [-0.1, -0.05) is 0 Å². The summed E-state index contributed by atoms with van der Waals surface area (Å²) in [5, 5.41) is -0.217. The SMILES string of the molecule is COc1ccc(NS(=O)(=O)c2ncccc2N)cn1. The minimum absolute atomic E-state index is 0.0801. The number of rotatable bonds is 4. The number of methoxy groups -OCH3 is 1. The molecule has 7 nitrogen and oxygen atoms in total. The topological polar surface area (TPSA) is 107 Å². The minimum atomic E-state index is -3.83. The Bertz CT molecular complexity index is 671. The molecule has 0 fully saturated rings. The molecule has 0 amide bonds. The molecule has 19 heavy (non-hydrogen) atoms. The van der Waals surface area contributed by atoms with Crippen LogP contribution in [0.1, 0.15) is 0 Å². The van der Waals surface area contributed by atoms with Crippen molar-refractivity contribution in [1.82, 2.24) is 9.97 Å². The zero-order chi connectivity index (χ0) is 13.9. The van der Waals surface area contributed by atoms with Gasteiger partial charge in [-0.25, -0.2) is 9.97 Å². The summed E-state index contributed by atoms with van der Waals surface area (Å²) in [5.41, 5.74) is 5.97. The van der Waals surface area contributed by atoms with E-state index in [9.17, 15) is 8.42 Å². The van der Waals surface area contributed by atoms with Crippen molar-refractivity contribution < 1.29 is 13.2 Å². The maximum absolute atomic E-state index is 12.1. The third-order valence-electron chi connectivity index (χ3n) is 2.25. The molecule has 2 heterocycles. The van der Waals surface area contributed by atoms with Crippen LogP contribution >= 0.6 is 0 Å². The molecule has 2 rings (SSSR count). The summed E-state index contributed by atoms with van der Waals surface area (Å²) < 4.78 is 31.3. The molecule has 0 spiro atoms. The summed E-state index contributed by atoms with van der Waals surface area (Å²) in [6.45, 7) is 0. The molecule has 3 N–H and O–H groups in total. The fourth-order valence-electron chi connectivity index (χ4n) is 1.39. The fraction of sp³-hybridized carbons (Fsp3) is 0.0909. The van der Waals surface area contributed by atoms with Gasteiger partial charge in [0.15, 0.2) is 5.03 Å². The summed E-state index contributed by atoms with van der Waals surface area (Å²) in [6.07, 6.45) is 2.70. The molecular formula is C11H12N4O3S. The first kappa shape index (κ1) is 13.1. The second kappa shape index (κ2) is 5.11. The van der Waals surface area contributed by atoms with Crippen LogP contribution in [0.5, 0.6) is 5.88 Å². The molecule has 8 heteroatoms. The lowest BCUT2D eigenvalue weighted by molar-refractivity contribution is 0.398. The van der Waals surface area contributed by atoms with Gasteiger partial charge >= 0.3 is 0 Å².